The Labute approximate surface area is 80.1 Å². The summed E-state index contributed by atoms with van der Waals surface area (Å²) in [5.41, 5.74) is -0.0886. The van der Waals surface area contributed by atoms with E-state index in [4.69, 9.17) is 5.11 Å². The van der Waals surface area contributed by atoms with E-state index >= 15 is 0 Å². The van der Waals surface area contributed by atoms with Crippen molar-refractivity contribution in [3.8, 4) is 0 Å². The van der Waals surface area contributed by atoms with E-state index < -0.39 is 11.9 Å². The van der Waals surface area contributed by atoms with Crippen molar-refractivity contribution >= 4 is 11.9 Å². The Morgan fingerprint density at radius 3 is 2.86 bits per heavy atom. The standard InChI is InChI=1S/C8H10N2O4/c1-2-14-7(11)4-10-3-6(8(12)13)9-5-10/h3,5H,2,4H2,1H3,(H,12,13). The molecule has 76 valence electrons. The number of hydrogen-bond acceptors (Lipinski definition) is 4. The van der Waals surface area contributed by atoms with Gasteiger partial charge in [0.2, 0.25) is 0 Å². The Hall–Kier alpha value is -1.85. The summed E-state index contributed by atoms with van der Waals surface area (Å²) >= 11 is 0. The summed E-state index contributed by atoms with van der Waals surface area (Å²) in [6, 6.07) is 0. The van der Waals surface area contributed by atoms with Gasteiger partial charge in [-0.1, -0.05) is 0 Å². The van der Waals surface area contributed by atoms with Crippen LogP contribution in [0.3, 0.4) is 0 Å². The zero-order valence-corrected chi connectivity index (χ0v) is 7.64. The predicted molar refractivity (Wildman–Crippen MR) is 45.8 cm³/mol. The monoisotopic (exact) mass is 198 g/mol. The smallest absolute Gasteiger partial charge is 0.356 e. The molecule has 0 amide bonds. The Kier molecular flexibility index (Phi) is 3.22. The fraction of sp³-hybridized carbons (Fsp3) is 0.375. The molecular weight excluding hydrogens is 188 g/mol. The molecule has 0 atom stereocenters. The lowest BCUT2D eigenvalue weighted by Crippen LogP contribution is -2.12. The normalized spacial score (nSPS) is 9.79. The average Bonchev–Trinajstić information content (AvgIpc) is 2.53. The molecule has 0 spiro atoms. The lowest BCUT2D eigenvalue weighted by Gasteiger charge is -2.00. The van der Waals surface area contributed by atoms with Gasteiger partial charge in [0.05, 0.1) is 12.9 Å². The van der Waals surface area contributed by atoms with Gasteiger partial charge in [0.1, 0.15) is 6.54 Å². The molecule has 0 bridgehead atoms. The molecule has 0 aliphatic rings. The van der Waals surface area contributed by atoms with E-state index in [9.17, 15) is 9.59 Å². The predicted octanol–water partition coefficient (Wildman–Crippen LogP) is 0.144. The Morgan fingerprint density at radius 2 is 2.36 bits per heavy atom. The number of esters is 1. The van der Waals surface area contributed by atoms with Crippen LogP contribution in [-0.2, 0) is 16.1 Å². The number of imidazole rings is 1. The van der Waals surface area contributed by atoms with E-state index in [0.29, 0.717) is 6.61 Å². The van der Waals surface area contributed by atoms with Gasteiger partial charge in [-0.25, -0.2) is 9.78 Å². The highest BCUT2D eigenvalue weighted by Crippen LogP contribution is 1.96. The minimum atomic E-state index is -1.12. The average molecular weight is 198 g/mol. The van der Waals surface area contributed by atoms with Crippen LogP contribution in [0.4, 0.5) is 0 Å². The molecule has 0 aliphatic heterocycles. The first-order valence-electron chi connectivity index (χ1n) is 4.04. The second-order valence-electron chi connectivity index (χ2n) is 2.54. The van der Waals surface area contributed by atoms with E-state index in [1.54, 1.807) is 6.92 Å². The molecule has 1 rings (SSSR count). The largest absolute Gasteiger partial charge is 0.476 e. The van der Waals surface area contributed by atoms with Crippen LogP contribution >= 0.6 is 0 Å². The quantitative estimate of drug-likeness (QED) is 0.696. The molecule has 6 heteroatoms. The lowest BCUT2D eigenvalue weighted by atomic mass is 10.5. The van der Waals surface area contributed by atoms with Crippen LogP contribution < -0.4 is 0 Å². The molecule has 6 nitrogen and oxygen atoms in total. The van der Waals surface area contributed by atoms with Gasteiger partial charge in [0.15, 0.2) is 5.69 Å². The number of nitrogens with zero attached hydrogens (tertiary/aromatic N) is 2. The fourth-order valence-corrected chi connectivity index (χ4v) is 0.913. The van der Waals surface area contributed by atoms with E-state index in [1.165, 1.54) is 17.1 Å². The van der Waals surface area contributed by atoms with Crippen molar-refractivity contribution in [2.45, 2.75) is 13.5 Å². The SMILES string of the molecule is CCOC(=O)Cn1cnc(C(=O)O)c1. The lowest BCUT2D eigenvalue weighted by molar-refractivity contribution is -0.143. The summed E-state index contributed by atoms with van der Waals surface area (Å²) in [5, 5.41) is 8.54. The molecule has 0 unspecified atom stereocenters. The van der Waals surface area contributed by atoms with E-state index in [-0.39, 0.29) is 12.2 Å². The number of carboxylic acid groups (broad SMARTS) is 1. The number of aromatic nitrogens is 2. The van der Waals surface area contributed by atoms with Crippen LogP contribution in [0.1, 0.15) is 17.4 Å². The highest BCUT2D eigenvalue weighted by molar-refractivity contribution is 5.85. The van der Waals surface area contributed by atoms with Crippen molar-refractivity contribution in [2.24, 2.45) is 0 Å². The molecule has 0 aromatic carbocycles. The second kappa shape index (κ2) is 4.40. The van der Waals surface area contributed by atoms with E-state index in [0.717, 1.165) is 0 Å². The summed E-state index contributed by atoms with van der Waals surface area (Å²) in [4.78, 5) is 25.0. The molecule has 14 heavy (non-hydrogen) atoms. The summed E-state index contributed by atoms with van der Waals surface area (Å²) < 4.78 is 6.04. The maximum atomic E-state index is 11.0. The summed E-state index contributed by atoms with van der Waals surface area (Å²) in [5.74, 6) is -1.53. The van der Waals surface area contributed by atoms with Crippen LogP contribution in [0.25, 0.3) is 0 Å². The van der Waals surface area contributed by atoms with Crippen molar-refractivity contribution in [1.29, 1.82) is 0 Å². The van der Waals surface area contributed by atoms with Crippen LogP contribution in [0.5, 0.6) is 0 Å². The number of rotatable bonds is 4. The van der Waals surface area contributed by atoms with Gasteiger partial charge >= 0.3 is 11.9 Å². The molecule has 0 aliphatic carbocycles. The minimum Gasteiger partial charge on any atom is -0.476 e. The highest BCUT2D eigenvalue weighted by Gasteiger charge is 2.08. The second-order valence-corrected chi connectivity index (χ2v) is 2.54. The van der Waals surface area contributed by atoms with Crippen molar-refractivity contribution in [3.63, 3.8) is 0 Å². The van der Waals surface area contributed by atoms with Crippen LogP contribution in [0.2, 0.25) is 0 Å². The third kappa shape index (κ3) is 2.58. The minimum absolute atomic E-state index is 0.0197. The van der Waals surface area contributed by atoms with Gasteiger partial charge < -0.3 is 14.4 Å². The molecule has 1 aromatic rings. The van der Waals surface area contributed by atoms with Crippen molar-refractivity contribution in [3.05, 3.63) is 18.2 Å². The molecule has 1 aromatic heterocycles. The Balaban J connectivity index is 2.59. The van der Waals surface area contributed by atoms with Crippen LogP contribution in [-0.4, -0.2) is 33.2 Å². The van der Waals surface area contributed by atoms with Gasteiger partial charge in [0.25, 0.3) is 0 Å². The summed E-state index contributed by atoms with van der Waals surface area (Å²) in [6.45, 7) is 1.99. The van der Waals surface area contributed by atoms with Gasteiger partial charge in [-0.3, -0.25) is 4.79 Å². The van der Waals surface area contributed by atoms with Gasteiger partial charge in [-0.2, -0.15) is 0 Å². The molecule has 1 heterocycles. The first-order valence-corrected chi connectivity index (χ1v) is 4.04. The number of ether oxygens (including phenoxy) is 1. The fourth-order valence-electron chi connectivity index (χ4n) is 0.913. The van der Waals surface area contributed by atoms with E-state index in [2.05, 4.69) is 9.72 Å². The first-order chi connectivity index (χ1) is 6.63. The number of carbonyl (C=O) groups is 2. The van der Waals surface area contributed by atoms with Crippen molar-refractivity contribution in [1.82, 2.24) is 9.55 Å². The van der Waals surface area contributed by atoms with Crippen LogP contribution in [0.15, 0.2) is 12.5 Å². The molecule has 0 saturated carbocycles. The van der Waals surface area contributed by atoms with Crippen molar-refractivity contribution in [2.75, 3.05) is 6.61 Å². The third-order valence-electron chi connectivity index (χ3n) is 1.47. The maximum absolute atomic E-state index is 11.0. The molecular formula is C8H10N2O4. The topological polar surface area (TPSA) is 81.4 Å². The van der Waals surface area contributed by atoms with Crippen molar-refractivity contribution < 1.29 is 19.4 Å². The summed E-state index contributed by atoms with van der Waals surface area (Å²) in [6.07, 6.45) is 2.56. The number of hydrogen-bond donors (Lipinski definition) is 1. The molecule has 0 fully saturated rings. The van der Waals surface area contributed by atoms with Gasteiger partial charge in [-0.05, 0) is 6.92 Å². The first kappa shape index (κ1) is 10.2. The van der Waals surface area contributed by atoms with Crippen LogP contribution in [0, 0.1) is 0 Å². The molecule has 0 radical (unpaired) electrons. The molecule has 1 N–H and O–H groups in total. The molecule has 0 saturated heterocycles. The third-order valence-corrected chi connectivity index (χ3v) is 1.47. The Morgan fingerprint density at radius 1 is 1.64 bits per heavy atom. The van der Waals surface area contributed by atoms with E-state index in [1.807, 2.05) is 0 Å². The zero-order valence-electron chi connectivity index (χ0n) is 7.64. The summed E-state index contributed by atoms with van der Waals surface area (Å²) in [7, 11) is 0. The number of carboxylic acids is 1. The maximum Gasteiger partial charge on any atom is 0.356 e. The Bertz CT molecular complexity index is 345. The number of aromatic carboxylic acids is 1. The number of carbonyl (C=O) groups excluding carboxylic acids is 1. The highest BCUT2D eigenvalue weighted by atomic mass is 16.5. The van der Waals surface area contributed by atoms with Gasteiger partial charge in [0, 0.05) is 6.20 Å². The zero-order chi connectivity index (χ0) is 10.6. The van der Waals surface area contributed by atoms with Gasteiger partial charge in [-0.15, -0.1) is 0 Å².